The van der Waals surface area contributed by atoms with Gasteiger partial charge in [-0.1, -0.05) is 0 Å². The molecule has 2 nitrogen and oxygen atoms in total. The van der Waals surface area contributed by atoms with Gasteiger partial charge in [-0.05, 0) is 6.33 Å². The molecule has 0 fully saturated rings. The second kappa shape index (κ2) is 3.05. The van der Waals surface area contributed by atoms with E-state index in [4.69, 9.17) is 0 Å². The number of hydrogen-bond donors (Lipinski definition) is 1. The van der Waals surface area contributed by atoms with Crippen LogP contribution in [0.2, 0.25) is 0 Å². The Morgan fingerprint density at radius 1 is 1.67 bits per heavy atom. The predicted octanol–water partition coefficient (Wildman–Crippen LogP) is 0.207. The summed E-state index contributed by atoms with van der Waals surface area (Å²) in [6.45, 7) is 0. The molecule has 0 amide bonds. The number of rotatable bonds is 0. The van der Waals surface area contributed by atoms with E-state index in [0.29, 0.717) is 0 Å². The van der Waals surface area contributed by atoms with Crippen LogP contribution in [0.3, 0.4) is 0 Å². The number of imidazole rings is 1. The molecule has 1 heterocycles. The van der Waals surface area contributed by atoms with Gasteiger partial charge in [-0.3, -0.25) is 0 Å². The predicted molar refractivity (Wildman–Crippen MR) is 17.4 cm³/mol. The summed E-state index contributed by atoms with van der Waals surface area (Å²) in [4.78, 5) is 6.17. The van der Waals surface area contributed by atoms with Gasteiger partial charge >= 0.3 is 19.8 Å². The molecule has 1 rings (SSSR count). The average Bonchev–Trinajstić information content (AvgIpc) is 1.76. The van der Waals surface area contributed by atoms with Crippen molar-refractivity contribution in [2.75, 3.05) is 0 Å². The molecule has 0 saturated carbocycles. The molecule has 0 bridgehead atoms. The molecule has 33 valence electrons. The van der Waals surface area contributed by atoms with Gasteiger partial charge in [0.1, 0.15) is 0 Å². The van der Waals surface area contributed by atoms with E-state index in [1.807, 2.05) is 0 Å². The molecule has 0 aliphatic heterocycles. The third-order valence-electron chi connectivity index (χ3n) is 0.362. The van der Waals surface area contributed by atoms with Gasteiger partial charge in [-0.2, -0.15) is 0 Å². The minimum absolute atomic E-state index is 0. The Kier molecular flexibility index (Phi) is 2.97. The normalized spacial score (nSPS) is 6.67. The second-order valence-electron chi connectivity index (χ2n) is 0.701. The van der Waals surface area contributed by atoms with Crippen molar-refractivity contribution in [3.05, 3.63) is 18.7 Å². The molecule has 3 heteroatoms. The Bertz CT molecular complexity index is 65.3. The van der Waals surface area contributed by atoms with Crippen LogP contribution >= 0.6 is 0 Å². The summed E-state index contributed by atoms with van der Waals surface area (Å²) in [6.07, 6.45) is 5.83. The minimum Gasteiger partial charge on any atom is -0.467 e. The molecular weight excluding hydrogens is 254 g/mol. The van der Waals surface area contributed by atoms with E-state index < -0.39 is 0 Å². The average molecular weight is 257 g/mol. The first-order valence-corrected chi connectivity index (χ1v) is 1.35. The topological polar surface area (TPSA) is 28.7 Å². The third kappa shape index (κ3) is 1.33. The maximum Gasteiger partial charge on any atom is 1.00 e. The van der Waals surface area contributed by atoms with Crippen LogP contribution in [0.25, 0.3) is 0 Å². The number of hydrogen-bond acceptors (Lipinski definition) is 1. The number of nitrogens with zero attached hydrogens (tertiary/aromatic N) is 1. The van der Waals surface area contributed by atoms with E-state index in [1.54, 1.807) is 12.4 Å². The molecule has 0 aliphatic rings. The molecule has 1 aromatic heterocycles. The van der Waals surface area contributed by atoms with E-state index >= 15 is 0 Å². The Morgan fingerprint density at radius 3 is 2.67 bits per heavy atom. The smallest absolute Gasteiger partial charge is 0.467 e. The van der Waals surface area contributed by atoms with Crippen molar-refractivity contribution in [2.24, 2.45) is 0 Å². The SMILES string of the molecule is [Os+].[c-]1ncc[nH]1. The summed E-state index contributed by atoms with van der Waals surface area (Å²) in [6, 6.07) is 0. The second-order valence-corrected chi connectivity index (χ2v) is 0.701. The molecule has 0 spiro atoms. The first-order valence-electron chi connectivity index (χ1n) is 1.35. The fraction of sp³-hybridized carbons (Fsp3) is 0. The van der Waals surface area contributed by atoms with Crippen molar-refractivity contribution >= 4 is 0 Å². The van der Waals surface area contributed by atoms with Gasteiger partial charge in [0.05, 0.1) is 0 Å². The van der Waals surface area contributed by atoms with Crippen LogP contribution in [0.5, 0.6) is 0 Å². The molecule has 1 N–H and O–H groups in total. The van der Waals surface area contributed by atoms with Crippen LogP contribution in [0, 0.1) is 6.33 Å². The van der Waals surface area contributed by atoms with Gasteiger partial charge in [0.25, 0.3) is 0 Å². The van der Waals surface area contributed by atoms with E-state index in [-0.39, 0.29) is 19.8 Å². The third-order valence-corrected chi connectivity index (χ3v) is 0.362. The monoisotopic (exact) mass is 259 g/mol. The standard InChI is InChI=1S/C3H3N2.Os/c1-2-5-3-4-1;/h1-2H,(H,4,5);/q-1;+1. The molecule has 1 radical (unpaired) electrons. The van der Waals surface area contributed by atoms with Crippen molar-refractivity contribution in [3.63, 3.8) is 0 Å². The molecule has 0 atom stereocenters. The van der Waals surface area contributed by atoms with Crippen LogP contribution in [-0.2, 0) is 19.8 Å². The van der Waals surface area contributed by atoms with Crippen LogP contribution in [0.15, 0.2) is 12.4 Å². The summed E-state index contributed by atoms with van der Waals surface area (Å²) in [5, 5.41) is 0. The minimum atomic E-state index is 0. The number of aromatic amines is 1. The zero-order valence-electron chi connectivity index (χ0n) is 2.96. The Hall–Kier alpha value is -0.154. The number of H-pyrrole nitrogens is 1. The summed E-state index contributed by atoms with van der Waals surface area (Å²) >= 11 is 0. The first kappa shape index (κ1) is 5.85. The van der Waals surface area contributed by atoms with Gasteiger partial charge in [0.15, 0.2) is 0 Å². The molecule has 1 aromatic rings. The maximum atomic E-state index is 3.54. The van der Waals surface area contributed by atoms with Gasteiger partial charge < -0.3 is 9.97 Å². The number of nitrogens with one attached hydrogen (secondary N) is 1. The molecular formula is C3H3N2Os. The molecule has 0 saturated heterocycles. The quantitative estimate of drug-likeness (QED) is 0.661. The van der Waals surface area contributed by atoms with Gasteiger partial charge in [0, 0.05) is 0 Å². The fourth-order valence-corrected chi connectivity index (χ4v) is 0.186. The van der Waals surface area contributed by atoms with Crippen LogP contribution in [-0.4, -0.2) is 9.97 Å². The molecule has 0 aliphatic carbocycles. The first-order chi connectivity index (χ1) is 2.50. The fourth-order valence-electron chi connectivity index (χ4n) is 0.186. The van der Waals surface area contributed by atoms with Crippen molar-refractivity contribution < 1.29 is 19.8 Å². The van der Waals surface area contributed by atoms with Crippen molar-refractivity contribution in [2.45, 2.75) is 0 Å². The largest absolute Gasteiger partial charge is 1.00 e. The van der Waals surface area contributed by atoms with Gasteiger partial charge in [0.2, 0.25) is 0 Å². The summed E-state index contributed by atoms with van der Waals surface area (Å²) < 4.78 is 0. The Morgan fingerprint density at radius 2 is 2.50 bits per heavy atom. The van der Waals surface area contributed by atoms with Gasteiger partial charge in [-0.25, -0.2) is 0 Å². The van der Waals surface area contributed by atoms with E-state index in [0.717, 1.165) is 0 Å². The maximum absolute atomic E-state index is 3.54. The Balaban J connectivity index is 0.000000250. The summed E-state index contributed by atoms with van der Waals surface area (Å²) in [7, 11) is 0. The zero-order chi connectivity index (χ0) is 3.54. The van der Waals surface area contributed by atoms with Crippen LogP contribution in [0.1, 0.15) is 0 Å². The zero-order valence-corrected chi connectivity index (χ0v) is 5.50. The summed E-state index contributed by atoms with van der Waals surface area (Å²) in [5.41, 5.74) is 0. The molecule has 6 heavy (non-hydrogen) atoms. The van der Waals surface area contributed by atoms with Crippen molar-refractivity contribution in [3.8, 4) is 0 Å². The number of aromatic nitrogens is 2. The Labute approximate surface area is 49.0 Å². The molecule has 0 aromatic carbocycles. The van der Waals surface area contributed by atoms with E-state index in [1.165, 1.54) is 0 Å². The van der Waals surface area contributed by atoms with Crippen molar-refractivity contribution in [1.29, 1.82) is 0 Å². The van der Waals surface area contributed by atoms with Crippen molar-refractivity contribution in [1.82, 2.24) is 9.97 Å². The van der Waals surface area contributed by atoms with E-state index in [2.05, 4.69) is 16.3 Å². The van der Waals surface area contributed by atoms with Gasteiger partial charge in [-0.15, -0.1) is 12.4 Å². The van der Waals surface area contributed by atoms with Crippen LogP contribution in [0.4, 0.5) is 0 Å². The van der Waals surface area contributed by atoms with Crippen LogP contribution < -0.4 is 0 Å². The van der Waals surface area contributed by atoms with E-state index in [9.17, 15) is 0 Å². The summed E-state index contributed by atoms with van der Waals surface area (Å²) in [5.74, 6) is 0. The molecule has 0 unspecified atom stereocenters.